The standard InChI is InChI=1S/C19H12Br3ClN2O3/c20-12-7-15(21)19(16(22)8-12)27-10-18(26)25-24-9-14-5-6-17(28-14)11-1-3-13(23)4-2-11/h1-9H,10H2,(H,25,26)/b24-9+. The van der Waals surface area contributed by atoms with E-state index >= 15 is 0 Å². The van der Waals surface area contributed by atoms with Gasteiger partial charge in [0.15, 0.2) is 6.61 Å². The SMILES string of the molecule is O=C(COc1c(Br)cc(Br)cc1Br)N/N=C/c1ccc(-c2ccc(Cl)cc2)o1. The van der Waals surface area contributed by atoms with E-state index < -0.39 is 5.91 Å². The van der Waals surface area contributed by atoms with E-state index in [-0.39, 0.29) is 6.61 Å². The first kappa shape index (κ1) is 21.1. The Morgan fingerprint density at radius 2 is 1.79 bits per heavy atom. The summed E-state index contributed by atoms with van der Waals surface area (Å²) in [7, 11) is 0. The summed E-state index contributed by atoms with van der Waals surface area (Å²) in [5.74, 6) is 1.31. The van der Waals surface area contributed by atoms with Gasteiger partial charge in [0.25, 0.3) is 5.91 Å². The van der Waals surface area contributed by atoms with Crippen molar-refractivity contribution in [3.8, 4) is 17.1 Å². The number of nitrogens with one attached hydrogen (secondary N) is 1. The maximum absolute atomic E-state index is 11.9. The van der Waals surface area contributed by atoms with Crippen molar-refractivity contribution >= 4 is 71.5 Å². The van der Waals surface area contributed by atoms with Crippen LogP contribution in [-0.4, -0.2) is 18.7 Å². The van der Waals surface area contributed by atoms with Crippen LogP contribution in [0.4, 0.5) is 0 Å². The van der Waals surface area contributed by atoms with Crippen LogP contribution in [0.25, 0.3) is 11.3 Å². The van der Waals surface area contributed by atoms with Crippen molar-refractivity contribution in [2.75, 3.05) is 6.61 Å². The van der Waals surface area contributed by atoms with Gasteiger partial charge in [0, 0.05) is 15.1 Å². The predicted octanol–water partition coefficient (Wildman–Crippen LogP) is 6.42. The van der Waals surface area contributed by atoms with Crippen molar-refractivity contribution in [1.82, 2.24) is 5.43 Å². The molecule has 144 valence electrons. The number of amides is 1. The molecular formula is C19H12Br3ClN2O3. The summed E-state index contributed by atoms with van der Waals surface area (Å²) in [4.78, 5) is 11.9. The lowest BCUT2D eigenvalue weighted by Gasteiger charge is -2.09. The monoisotopic (exact) mass is 588 g/mol. The quantitative estimate of drug-likeness (QED) is 0.266. The summed E-state index contributed by atoms with van der Waals surface area (Å²) in [6, 6.07) is 14.5. The molecule has 5 nitrogen and oxygen atoms in total. The average molecular weight is 591 g/mol. The van der Waals surface area contributed by atoms with Crippen molar-refractivity contribution in [2.24, 2.45) is 5.10 Å². The highest BCUT2D eigenvalue weighted by Gasteiger charge is 2.10. The lowest BCUT2D eigenvalue weighted by molar-refractivity contribution is -0.123. The fourth-order valence-corrected chi connectivity index (χ4v) is 4.81. The Balaban J connectivity index is 1.54. The summed E-state index contributed by atoms with van der Waals surface area (Å²) >= 11 is 16.0. The Bertz CT molecular complexity index is 997. The van der Waals surface area contributed by atoms with E-state index in [1.807, 2.05) is 30.3 Å². The molecule has 0 atom stereocenters. The van der Waals surface area contributed by atoms with Crippen LogP contribution in [0.1, 0.15) is 5.76 Å². The highest BCUT2D eigenvalue weighted by Crippen LogP contribution is 2.36. The number of rotatable bonds is 6. The highest BCUT2D eigenvalue weighted by atomic mass is 79.9. The number of carbonyl (C=O) groups is 1. The molecule has 2 aromatic carbocycles. The number of ether oxygens (including phenoxy) is 1. The largest absolute Gasteiger partial charge is 0.481 e. The van der Waals surface area contributed by atoms with Crippen LogP contribution in [0.2, 0.25) is 5.02 Å². The molecule has 0 saturated carbocycles. The van der Waals surface area contributed by atoms with Gasteiger partial charge >= 0.3 is 0 Å². The molecule has 1 heterocycles. The van der Waals surface area contributed by atoms with E-state index in [1.165, 1.54) is 6.21 Å². The van der Waals surface area contributed by atoms with Gasteiger partial charge in [-0.1, -0.05) is 27.5 Å². The first-order valence-electron chi connectivity index (χ1n) is 7.87. The maximum Gasteiger partial charge on any atom is 0.277 e. The summed E-state index contributed by atoms with van der Waals surface area (Å²) in [5, 5.41) is 4.54. The third kappa shape index (κ3) is 5.70. The molecule has 0 aliphatic rings. The van der Waals surface area contributed by atoms with Crippen molar-refractivity contribution in [3.63, 3.8) is 0 Å². The number of furan rings is 1. The first-order chi connectivity index (χ1) is 13.4. The van der Waals surface area contributed by atoms with Crippen molar-refractivity contribution < 1.29 is 13.9 Å². The van der Waals surface area contributed by atoms with E-state index in [4.69, 9.17) is 20.8 Å². The van der Waals surface area contributed by atoms with Crippen LogP contribution in [0.3, 0.4) is 0 Å². The van der Waals surface area contributed by atoms with Gasteiger partial charge in [0.2, 0.25) is 0 Å². The molecular weight excluding hydrogens is 579 g/mol. The van der Waals surface area contributed by atoms with E-state index in [0.717, 1.165) is 19.0 Å². The van der Waals surface area contributed by atoms with Crippen molar-refractivity contribution in [2.45, 2.75) is 0 Å². The van der Waals surface area contributed by atoms with Gasteiger partial charge in [-0.2, -0.15) is 5.10 Å². The molecule has 0 unspecified atom stereocenters. The molecule has 3 rings (SSSR count). The molecule has 3 aromatic rings. The van der Waals surface area contributed by atoms with Gasteiger partial charge < -0.3 is 9.15 Å². The minimum atomic E-state index is -0.401. The fraction of sp³-hybridized carbons (Fsp3) is 0.0526. The predicted molar refractivity (Wildman–Crippen MR) is 120 cm³/mol. The second kappa shape index (κ2) is 9.73. The van der Waals surface area contributed by atoms with Crippen LogP contribution in [0.15, 0.2) is 71.5 Å². The minimum Gasteiger partial charge on any atom is -0.481 e. The smallest absolute Gasteiger partial charge is 0.277 e. The Hall–Kier alpha value is -1.61. The number of nitrogens with zero attached hydrogens (tertiary/aromatic N) is 1. The van der Waals surface area contributed by atoms with Gasteiger partial charge in [-0.05, 0) is 80.4 Å². The molecule has 28 heavy (non-hydrogen) atoms. The van der Waals surface area contributed by atoms with Gasteiger partial charge in [0.05, 0.1) is 15.2 Å². The number of hydrogen-bond acceptors (Lipinski definition) is 4. The van der Waals surface area contributed by atoms with Crippen LogP contribution in [0, 0.1) is 0 Å². The normalized spacial score (nSPS) is 11.0. The molecule has 0 fully saturated rings. The number of hydrogen-bond donors (Lipinski definition) is 1. The van der Waals surface area contributed by atoms with Crippen LogP contribution in [0.5, 0.6) is 5.75 Å². The van der Waals surface area contributed by atoms with Crippen molar-refractivity contribution in [3.05, 3.63) is 72.7 Å². The highest BCUT2D eigenvalue weighted by molar-refractivity contribution is 9.11. The number of halogens is 4. The topological polar surface area (TPSA) is 63.8 Å². The van der Waals surface area contributed by atoms with Crippen LogP contribution < -0.4 is 10.2 Å². The second-order valence-corrected chi connectivity index (χ2v) is 8.55. The Kier molecular flexibility index (Phi) is 7.34. The molecule has 1 amide bonds. The molecule has 0 bridgehead atoms. The van der Waals surface area contributed by atoms with Crippen LogP contribution in [-0.2, 0) is 4.79 Å². The molecule has 9 heteroatoms. The van der Waals surface area contributed by atoms with Gasteiger partial charge in [-0.3, -0.25) is 4.79 Å². The van der Waals surface area contributed by atoms with E-state index in [9.17, 15) is 4.79 Å². The zero-order valence-electron chi connectivity index (χ0n) is 14.1. The molecule has 0 aliphatic heterocycles. The molecule has 0 spiro atoms. The summed E-state index contributed by atoms with van der Waals surface area (Å²) in [5.41, 5.74) is 3.29. The zero-order chi connectivity index (χ0) is 20.1. The Morgan fingerprint density at radius 1 is 1.11 bits per heavy atom. The number of carbonyl (C=O) groups excluding carboxylic acids is 1. The average Bonchev–Trinajstić information content (AvgIpc) is 3.10. The third-order valence-corrected chi connectivity index (χ3v) is 5.34. The molecule has 0 radical (unpaired) electrons. The molecule has 1 N–H and O–H groups in total. The van der Waals surface area contributed by atoms with E-state index in [1.54, 1.807) is 18.2 Å². The number of hydrazone groups is 1. The van der Waals surface area contributed by atoms with Gasteiger partial charge in [0.1, 0.15) is 17.3 Å². The summed E-state index contributed by atoms with van der Waals surface area (Å²) in [6.45, 7) is -0.190. The van der Waals surface area contributed by atoms with Gasteiger partial charge in [-0.25, -0.2) is 5.43 Å². The molecule has 0 saturated heterocycles. The van der Waals surface area contributed by atoms with E-state index in [2.05, 4.69) is 58.3 Å². The first-order valence-corrected chi connectivity index (χ1v) is 10.6. The van der Waals surface area contributed by atoms with Gasteiger partial charge in [-0.15, -0.1) is 0 Å². The Morgan fingerprint density at radius 3 is 2.46 bits per heavy atom. The van der Waals surface area contributed by atoms with E-state index in [0.29, 0.717) is 22.3 Å². The second-order valence-electron chi connectivity index (χ2n) is 5.49. The molecule has 0 aliphatic carbocycles. The fourth-order valence-electron chi connectivity index (χ4n) is 2.20. The van der Waals surface area contributed by atoms with Crippen molar-refractivity contribution in [1.29, 1.82) is 0 Å². The lowest BCUT2D eigenvalue weighted by atomic mass is 10.2. The summed E-state index contributed by atoms with van der Waals surface area (Å²) < 4.78 is 13.5. The summed E-state index contributed by atoms with van der Waals surface area (Å²) in [6.07, 6.45) is 1.42. The minimum absolute atomic E-state index is 0.190. The third-order valence-electron chi connectivity index (χ3n) is 3.45. The number of benzene rings is 2. The van der Waals surface area contributed by atoms with Crippen LogP contribution >= 0.6 is 59.4 Å². The lowest BCUT2D eigenvalue weighted by Crippen LogP contribution is -2.24. The molecule has 1 aromatic heterocycles. The maximum atomic E-state index is 11.9. The zero-order valence-corrected chi connectivity index (χ0v) is 19.6. The Labute approximate surface area is 191 Å².